The first-order chi connectivity index (χ1) is 11.6. The highest BCUT2D eigenvalue weighted by Gasteiger charge is 2.33. The Morgan fingerprint density at radius 2 is 1.84 bits per heavy atom. The Morgan fingerprint density at radius 3 is 2.44 bits per heavy atom. The number of hydrogen-bond acceptors (Lipinski definition) is 2. The third-order valence-corrected chi connectivity index (χ3v) is 3.87. The van der Waals surface area contributed by atoms with Crippen molar-refractivity contribution in [2.45, 2.75) is 33.1 Å². The van der Waals surface area contributed by atoms with Gasteiger partial charge in [-0.25, -0.2) is 0 Å². The molecule has 3 nitrogen and oxygen atoms in total. The summed E-state index contributed by atoms with van der Waals surface area (Å²) in [6.07, 6.45) is -5.48. The molecule has 2 aromatic carbocycles. The second-order valence-corrected chi connectivity index (χ2v) is 6.12. The van der Waals surface area contributed by atoms with Gasteiger partial charge in [0.2, 0.25) is 0 Å². The number of hydrogen-bond donors (Lipinski definition) is 1. The molecule has 25 heavy (non-hydrogen) atoms. The molecule has 1 atom stereocenters. The quantitative estimate of drug-likeness (QED) is 0.783. The van der Waals surface area contributed by atoms with Crippen LogP contribution in [0.4, 0.5) is 18.9 Å². The van der Waals surface area contributed by atoms with Crippen molar-refractivity contribution in [3.05, 3.63) is 58.1 Å². The van der Waals surface area contributed by atoms with Crippen LogP contribution in [-0.2, 0) is 11.0 Å². The van der Waals surface area contributed by atoms with E-state index < -0.39 is 28.8 Å². The molecule has 7 heteroatoms. The molecule has 0 aromatic heterocycles. The van der Waals surface area contributed by atoms with Gasteiger partial charge in [0.15, 0.2) is 6.10 Å². The Kier molecular flexibility index (Phi) is 5.62. The van der Waals surface area contributed by atoms with Crippen molar-refractivity contribution >= 4 is 23.2 Å². The summed E-state index contributed by atoms with van der Waals surface area (Å²) in [5, 5.41) is 1.98. The van der Waals surface area contributed by atoms with Crippen LogP contribution in [0.25, 0.3) is 0 Å². The van der Waals surface area contributed by atoms with Crippen LogP contribution in [0, 0.1) is 13.8 Å². The summed E-state index contributed by atoms with van der Waals surface area (Å²) in [6, 6.07) is 8.70. The van der Waals surface area contributed by atoms with Gasteiger partial charge < -0.3 is 10.1 Å². The summed E-state index contributed by atoms with van der Waals surface area (Å²) in [7, 11) is 0. The smallest absolute Gasteiger partial charge is 0.417 e. The molecule has 0 heterocycles. The monoisotopic (exact) mass is 371 g/mol. The third-order valence-electron chi connectivity index (χ3n) is 3.54. The lowest BCUT2D eigenvalue weighted by Crippen LogP contribution is -2.30. The molecule has 2 rings (SSSR count). The lowest BCUT2D eigenvalue weighted by molar-refractivity contribution is -0.137. The van der Waals surface area contributed by atoms with Crippen molar-refractivity contribution in [2.75, 3.05) is 5.32 Å². The van der Waals surface area contributed by atoms with Crippen LogP contribution < -0.4 is 10.1 Å². The van der Waals surface area contributed by atoms with Crippen molar-refractivity contribution in [1.29, 1.82) is 0 Å². The average molecular weight is 372 g/mol. The van der Waals surface area contributed by atoms with Gasteiger partial charge in [-0.2, -0.15) is 13.2 Å². The van der Waals surface area contributed by atoms with E-state index in [0.29, 0.717) is 5.75 Å². The topological polar surface area (TPSA) is 38.3 Å². The second kappa shape index (κ2) is 7.35. The van der Waals surface area contributed by atoms with E-state index in [1.54, 1.807) is 6.07 Å². The molecule has 1 amide bonds. The molecule has 0 aliphatic heterocycles. The normalized spacial score (nSPS) is 12.6. The maximum Gasteiger partial charge on any atom is 0.417 e. The number of ether oxygens (including phenoxy) is 1. The fourth-order valence-corrected chi connectivity index (χ4v) is 2.46. The number of alkyl halides is 3. The summed E-state index contributed by atoms with van der Waals surface area (Å²) in [6.45, 7) is 5.31. The van der Waals surface area contributed by atoms with Gasteiger partial charge in [-0.05, 0) is 50.6 Å². The average Bonchev–Trinajstić information content (AvgIpc) is 2.50. The maximum absolute atomic E-state index is 12.9. The van der Waals surface area contributed by atoms with Gasteiger partial charge in [-0.15, -0.1) is 0 Å². The molecule has 0 spiro atoms. The second-order valence-electron chi connectivity index (χ2n) is 5.71. The van der Waals surface area contributed by atoms with Crippen LogP contribution in [0.1, 0.15) is 23.6 Å². The summed E-state index contributed by atoms with van der Waals surface area (Å²) in [5.74, 6) is -0.0178. The third kappa shape index (κ3) is 4.89. The summed E-state index contributed by atoms with van der Waals surface area (Å²) in [5.41, 5.74) is 0.918. The summed E-state index contributed by atoms with van der Waals surface area (Å²) in [4.78, 5) is 12.2. The Labute approximate surface area is 148 Å². The molecule has 0 saturated heterocycles. The number of nitrogens with one attached hydrogen (secondary N) is 1. The van der Waals surface area contributed by atoms with Gasteiger partial charge in [-0.3, -0.25) is 4.79 Å². The predicted molar refractivity (Wildman–Crippen MR) is 91.1 cm³/mol. The number of anilines is 1. The molecule has 0 aliphatic carbocycles. The molecule has 1 unspecified atom stereocenters. The highest BCUT2D eigenvalue weighted by molar-refractivity contribution is 6.31. The Bertz CT molecular complexity index is 790. The molecule has 0 radical (unpaired) electrons. The largest absolute Gasteiger partial charge is 0.481 e. The first kappa shape index (κ1) is 19.1. The van der Waals surface area contributed by atoms with E-state index in [0.717, 1.165) is 23.3 Å². The number of carbonyl (C=O) groups is 1. The predicted octanol–water partition coefficient (Wildman–Crippen LogP) is 5.38. The van der Waals surface area contributed by atoms with Gasteiger partial charge in [-0.1, -0.05) is 29.3 Å². The molecule has 0 aliphatic rings. The first-order valence-corrected chi connectivity index (χ1v) is 7.87. The van der Waals surface area contributed by atoms with Crippen LogP contribution in [0.15, 0.2) is 36.4 Å². The number of carbonyl (C=O) groups excluding carboxylic acids is 1. The number of amides is 1. The molecule has 1 N–H and O–H groups in total. The van der Waals surface area contributed by atoms with Crippen molar-refractivity contribution in [3.8, 4) is 5.75 Å². The minimum atomic E-state index is -4.60. The van der Waals surface area contributed by atoms with E-state index in [2.05, 4.69) is 5.32 Å². The zero-order chi connectivity index (χ0) is 18.8. The van der Waals surface area contributed by atoms with E-state index in [1.807, 2.05) is 26.0 Å². The van der Waals surface area contributed by atoms with Gasteiger partial charge in [0, 0.05) is 5.69 Å². The minimum absolute atomic E-state index is 0.00203. The number of benzene rings is 2. The van der Waals surface area contributed by atoms with Crippen molar-refractivity contribution in [2.24, 2.45) is 0 Å². The number of aryl methyl sites for hydroxylation is 2. The standard InChI is InChI=1S/C18H17ClF3NO2/c1-10-4-7-16(11(2)8-10)25-12(3)17(24)23-13-5-6-15(19)14(9-13)18(20,21)22/h4-9,12H,1-3H3,(H,23,24). The minimum Gasteiger partial charge on any atom is -0.481 e. The van der Waals surface area contributed by atoms with Crippen molar-refractivity contribution in [1.82, 2.24) is 0 Å². The Balaban J connectivity index is 2.11. The molecular formula is C18H17ClF3NO2. The molecule has 2 aromatic rings. The number of rotatable bonds is 4. The van der Waals surface area contributed by atoms with Crippen molar-refractivity contribution in [3.63, 3.8) is 0 Å². The van der Waals surface area contributed by atoms with E-state index in [9.17, 15) is 18.0 Å². The molecule has 134 valence electrons. The zero-order valence-corrected chi connectivity index (χ0v) is 14.6. The van der Waals surface area contributed by atoms with Crippen LogP contribution in [0.3, 0.4) is 0 Å². The van der Waals surface area contributed by atoms with Crippen molar-refractivity contribution < 1.29 is 22.7 Å². The molecule has 0 saturated carbocycles. The van der Waals surface area contributed by atoms with Gasteiger partial charge in [0.05, 0.1) is 10.6 Å². The lowest BCUT2D eigenvalue weighted by Gasteiger charge is -2.17. The first-order valence-electron chi connectivity index (χ1n) is 7.49. The van der Waals surface area contributed by atoms with Gasteiger partial charge in [0.25, 0.3) is 5.91 Å². The van der Waals surface area contributed by atoms with E-state index in [1.165, 1.54) is 13.0 Å². The SMILES string of the molecule is Cc1ccc(OC(C)C(=O)Nc2ccc(Cl)c(C(F)(F)F)c2)c(C)c1. The van der Waals surface area contributed by atoms with Gasteiger partial charge in [0.1, 0.15) is 5.75 Å². The van der Waals surface area contributed by atoms with Crippen LogP contribution in [0.5, 0.6) is 5.75 Å². The summed E-state index contributed by atoms with van der Waals surface area (Å²) < 4.78 is 44.2. The highest BCUT2D eigenvalue weighted by atomic mass is 35.5. The lowest BCUT2D eigenvalue weighted by atomic mass is 10.1. The van der Waals surface area contributed by atoms with Crippen LogP contribution >= 0.6 is 11.6 Å². The zero-order valence-electron chi connectivity index (χ0n) is 13.9. The highest BCUT2D eigenvalue weighted by Crippen LogP contribution is 2.36. The molecule has 0 fully saturated rings. The number of halogens is 4. The van der Waals surface area contributed by atoms with E-state index >= 15 is 0 Å². The Morgan fingerprint density at radius 1 is 1.16 bits per heavy atom. The molecule has 0 bridgehead atoms. The summed E-state index contributed by atoms with van der Waals surface area (Å²) >= 11 is 5.56. The molecular weight excluding hydrogens is 355 g/mol. The Hall–Kier alpha value is -2.21. The van der Waals surface area contributed by atoms with E-state index in [-0.39, 0.29) is 5.69 Å². The van der Waals surface area contributed by atoms with Gasteiger partial charge >= 0.3 is 6.18 Å². The fourth-order valence-electron chi connectivity index (χ4n) is 2.24. The fraction of sp³-hybridized carbons (Fsp3) is 0.278. The maximum atomic E-state index is 12.9. The van der Waals surface area contributed by atoms with Crippen LogP contribution in [-0.4, -0.2) is 12.0 Å². The van der Waals surface area contributed by atoms with E-state index in [4.69, 9.17) is 16.3 Å². The van der Waals surface area contributed by atoms with Crippen LogP contribution in [0.2, 0.25) is 5.02 Å².